The summed E-state index contributed by atoms with van der Waals surface area (Å²) in [6.07, 6.45) is -1.03. The molecule has 2 rings (SSSR count). The SMILES string of the molecule is CC(C)(C)c1cccc(C(C)(C)C)c1OC(=O)NS(=O)(=O)c1ccccc1. The fourth-order valence-corrected chi connectivity index (χ4v) is 3.60. The second-order valence-electron chi connectivity index (χ2n) is 8.49. The van der Waals surface area contributed by atoms with E-state index >= 15 is 0 Å². The number of carbonyl (C=O) groups is 1. The summed E-state index contributed by atoms with van der Waals surface area (Å²) in [5, 5.41) is 0. The molecule has 5 nitrogen and oxygen atoms in total. The lowest BCUT2D eigenvalue weighted by atomic mass is 9.79. The molecule has 0 saturated carbocycles. The molecule has 1 amide bonds. The van der Waals surface area contributed by atoms with Gasteiger partial charge in [-0.2, -0.15) is 0 Å². The van der Waals surface area contributed by atoms with Gasteiger partial charge in [0.25, 0.3) is 10.0 Å². The number of hydrogen-bond donors (Lipinski definition) is 1. The first-order valence-electron chi connectivity index (χ1n) is 8.76. The highest BCUT2D eigenvalue weighted by Crippen LogP contribution is 2.39. The van der Waals surface area contributed by atoms with E-state index in [4.69, 9.17) is 4.74 Å². The number of benzene rings is 2. The van der Waals surface area contributed by atoms with Crippen LogP contribution in [0.3, 0.4) is 0 Å². The van der Waals surface area contributed by atoms with Crippen LogP contribution in [0.15, 0.2) is 53.4 Å². The molecule has 2 aromatic rings. The number of hydrogen-bond acceptors (Lipinski definition) is 4. The van der Waals surface area contributed by atoms with Crippen LogP contribution in [-0.4, -0.2) is 14.5 Å². The molecule has 0 unspecified atom stereocenters. The minimum Gasteiger partial charge on any atom is -0.409 e. The molecular weight excluding hydrogens is 362 g/mol. The number of amides is 1. The average Bonchev–Trinajstić information content (AvgIpc) is 2.53. The molecule has 0 aliphatic rings. The fraction of sp³-hybridized carbons (Fsp3) is 0.381. The molecule has 0 aliphatic heterocycles. The van der Waals surface area contributed by atoms with Crippen molar-refractivity contribution in [1.82, 2.24) is 4.72 Å². The van der Waals surface area contributed by atoms with Gasteiger partial charge in [0.05, 0.1) is 4.90 Å². The summed E-state index contributed by atoms with van der Waals surface area (Å²) < 4.78 is 32.3. The maximum Gasteiger partial charge on any atom is 0.426 e. The van der Waals surface area contributed by atoms with Crippen molar-refractivity contribution in [3.8, 4) is 5.75 Å². The summed E-state index contributed by atoms with van der Waals surface area (Å²) in [5.74, 6) is 0.401. The lowest BCUT2D eigenvalue weighted by Gasteiger charge is -2.28. The summed E-state index contributed by atoms with van der Waals surface area (Å²) in [7, 11) is -4.00. The Kier molecular flexibility index (Phi) is 5.71. The van der Waals surface area contributed by atoms with E-state index in [1.54, 1.807) is 18.2 Å². The molecule has 27 heavy (non-hydrogen) atoms. The van der Waals surface area contributed by atoms with E-state index in [9.17, 15) is 13.2 Å². The number of nitrogens with one attached hydrogen (secondary N) is 1. The monoisotopic (exact) mass is 389 g/mol. The Morgan fingerprint density at radius 3 is 1.74 bits per heavy atom. The van der Waals surface area contributed by atoms with Crippen molar-refractivity contribution in [1.29, 1.82) is 0 Å². The van der Waals surface area contributed by atoms with Gasteiger partial charge in [-0.05, 0) is 23.0 Å². The molecular formula is C21H27NO4S. The Morgan fingerprint density at radius 1 is 0.815 bits per heavy atom. The molecule has 0 fully saturated rings. The van der Waals surface area contributed by atoms with Crippen LogP contribution in [0.1, 0.15) is 52.7 Å². The van der Waals surface area contributed by atoms with E-state index in [0.29, 0.717) is 5.75 Å². The summed E-state index contributed by atoms with van der Waals surface area (Å²) in [6, 6.07) is 13.4. The van der Waals surface area contributed by atoms with E-state index in [1.807, 2.05) is 64.5 Å². The van der Waals surface area contributed by atoms with Gasteiger partial charge in [-0.15, -0.1) is 0 Å². The van der Waals surface area contributed by atoms with Crippen molar-refractivity contribution in [3.63, 3.8) is 0 Å². The summed E-state index contributed by atoms with van der Waals surface area (Å²) in [6.45, 7) is 12.1. The molecule has 0 aliphatic carbocycles. The van der Waals surface area contributed by atoms with E-state index in [0.717, 1.165) is 11.1 Å². The Balaban J connectivity index is 2.40. The summed E-state index contributed by atoms with van der Waals surface area (Å²) in [4.78, 5) is 12.4. The van der Waals surface area contributed by atoms with E-state index < -0.39 is 16.1 Å². The summed E-state index contributed by atoms with van der Waals surface area (Å²) >= 11 is 0. The molecule has 2 aromatic carbocycles. The average molecular weight is 390 g/mol. The highest BCUT2D eigenvalue weighted by atomic mass is 32.2. The van der Waals surface area contributed by atoms with Crippen molar-refractivity contribution < 1.29 is 17.9 Å². The molecule has 0 spiro atoms. The number of carbonyl (C=O) groups excluding carboxylic acids is 1. The molecule has 0 bridgehead atoms. The Bertz CT molecular complexity index is 889. The van der Waals surface area contributed by atoms with Gasteiger partial charge < -0.3 is 4.74 Å². The topological polar surface area (TPSA) is 72.5 Å². The lowest BCUT2D eigenvalue weighted by molar-refractivity contribution is 0.204. The zero-order valence-electron chi connectivity index (χ0n) is 16.7. The third-order valence-electron chi connectivity index (χ3n) is 4.10. The first kappa shape index (κ1) is 21.0. The van der Waals surface area contributed by atoms with E-state index in [2.05, 4.69) is 0 Å². The van der Waals surface area contributed by atoms with Crippen molar-refractivity contribution in [3.05, 3.63) is 59.7 Å². The third-order valence-corrected chi connectivity index (χ3v) is 5.43. The van der Waals surface area contributed by atoms with E-state index in [-0.39, 0.29) is 15.7 Å². The first-order chi connectivity index (χ1) is 12.3. The number of rotatable bonds is 3. The molecule has 0 atom stereocenters. The van der Waals surface area contributed by atoms with Crippen LogP contribution < -0.4 is 9.46 Å². The van der Waals surface area contributed by atoms with Crippen molar-refractivity contribution >= 4 is 16.1 Å². The standard InChI is InChI=1S/C21H27NO4S/c1-20(2,3)16-13-10-14-17(21(4,5)6)18(16)26-19(23)22-27(24,25)15-11-8-7-9-12-15/h7-14H,1-6H3,(H,22,23). The predicted molar refractivity (Wildman–Crippen MR) is 107 cm³/mol. The quantitative estimate of drug-likeness (QED) is 0.821. The van der Waals surface area contributed by atoms with Crippen LogP contribution in [0.4, 0.5) is 4.79 Å². The number of ether oxygens (including phenoxy) is 1. The minimum atomic E-state index is -4.00. The second-order valence-corrected chi connectivity index (χ2v) is 10.2. The zero-order chi connectivity index (χ0) is 20.5. The van der Waals surface area contributed by atoms with Crippen LogP contribution in [0, 0.1) is 0 Å². The molecule has 0 radical (unpaired) electrons. The second kappa shape index (κ2) is 7.35. The summed E-state index contributed by atoms with van der Waals surface area (Å²) in [5.41, 5.74) is 1.11. The molecule has 0 aromatic heterocycles. The fourth-order valence-electron chi connectivity index (χ4n) is 2.71. The number of para-hydroxylation sites is 1. The highest BCUT2D eigenvalue weighted by Gasteiger charge is 2.29. The van der Waals surface area contributed by atoms with Gasteiger partial charge in [0.2, 0.25) is 0 Å². The highest BCUT2D eigenvalue weighted by molar-refractivity contribution is 7.90. The zero-order valence-corrected chi connectivity index (χ0v) is 17.5. The Hall–Kier alpha value is -2.34. The van der Waals surface area contributed by atoms with Gasteiger partial charge in [0.1, 0.15) is 5.75 Å². The van der Waals surface area contributed by atoms with Gasteiger partial charge in [-0.25, -0.2) is 17.9 Å². The molecule has 146 valence electrons. The van der Waals surface area contributed by atoms with Crippen molar-refractivity contribution in [2.75, 3.05) is 0 Å². The third kappa shape index (κ3) is 5.10. The van der Waals surface area contributed by atoms with Crippen molar-refractivity contribution in [2.45, 2.75) is 57.3 Å². The maximum absolute atomic E-state index is 12.4. The predicted octanol–water partition coefficient (Wildman–Crippen LogP) is 4.76. The van der Waals surface area contributed by atoms with Crippen LogP contribution in [0.5, 0.6) is 5.75 Å². The van der Waals surface area contributed by atoms with Crippen LogP contribution in [0.2, 0.25) is 0 Å². The van der Waals surface area contributed by atoms with Crippen molar-refractivity contribution in [2.24, 2.45) is 0 Å². The lowest BCUT2D eigenvalue weighted by Crippen LogP contribution is -2.34. The molecule has 1 N–H and O–H groups in total. The number of sulfonamides is 1. The van der Waals surface area contributed by atoms with Crippen LogP contribution in [-0.2, 0) is 20.9 Å². The largest absolute Gasteiger partial charge is 0.426 e. The smallest absolute Gasteiger partial charge is 0.409 e. The molecule has 0 heterocycles. The Morgan fingerprint density at radius 2 is 1.30 bits per heavy atom. The van der Waals surface area contributed by atoms with Gasteiger partial charge in [-0.1, -0.05) is 77.9 Å². The van der Waals surface area contributed by atoms with Gasteiger partial charge in [0.15, 0.2) is 0 Å². The first-order valence-corrected chi connectivity index (χ1v) is 10.2. The van der Waals surface area contributed by atoms with Gasteiger partial charge in [0, 0.05) is 11.1 Å². The molecule has 0 saturated heterocycles. The van der Waals surface area contributed by atoms with Crippen LogP contribution in [0.25, 0.3) is 0 Å². The Labute approximate surface area is 161 Å². The maximum atomic E-state index is 12.4. The van der Waals surface area contributed by atoms with Gasteiger partial charge in [-0.3, -0.25) is 0 Å². The molecule has 6 heteroatoms. The normalized spacial score (nSPS) is 12.5. The van der Waals surface area contributed by atoms with Gasteiger partial charge >= 0.3 is 6.09 Å². The van der Waals surface area contributed by atoms with Crippen LogP contribution >= 0.6 is 0 Å². The van der Waals surface area contributed by atoms with E-state index in [1.165, 1.54) is 12.1 Å². The minimum absolute atomic E-state index is 0.00195.